The van der Waals surface area contributed by atoms with E-state index in [9.17, 15) is 9.18 Å². The molecule has 0 radical (unpaired) electrons. The third-order valence-electron chi connectivity index (χ3n) is 2.22. The van der Waals surface area contributed by atoms with Crippen LogP contribution in [-0.2, 0) is 0 Å². The standard InChI is InChI=1S/C12H9FN2O/c13-11-4-3-8(12(14)16)6-10(11)9-2-1-5-15-7-9/h1-7H,(H2,14,16). The van der Waals surface area contributed by atoms with Crippen molar-refractivity contribution in [3.8, 4) is 11.1 Å². The van der Waals surface area contributed by atoms with Gasteiger partial charge in [0.1, 0.15) is 5.82 Å². The largest absolute Gasteiger partial charge is 0.366 e. The number of amides is 1. The van der Waals surface area contributed by atoms with E-state index in [0.717, 1.165) is 0 Å². The number of hydrogen-bond acceptors (Lipinski definition) is 2. The number of primary amides is 1. The summed E-state index contributed by atoms with van der Waals surface area (Å²) < 4.78 is 13.5. The number of hydrogen-bond donors (Lipinski definition) is 1. The molecule has 2 rings (SSSR count). The lowest BCUT2D eigenvalue weighted by Gasteiger charge is -2.04. The van der Waals surface area contributed by atoms with Crippen molar-refractivity contribution in [1.29, 1.82) is 0 Å². The molecule has 0 atom stereocenters. The second kappa shape index (κ2) is 4.10. The number of halogens is 1. The number of nitrogens with zero attached hydrogens (tertiary/aromatic N) is 1. The zero-order valence-electron chi connectivity index (χ0n) is 8.35. The summed E-state index contributed by atoms with van der Waals surface area (Å²) in [5.74, 6) is -0.983. The lowest BCUT2D eigenvalue weighted by molar-refractivity contribution is 0.100. The number of carbonyl (C=O) groups is 1. The van der Waals surface area contributed by atoms with Crippen LogP contribution in [0.3, 0.4) is 0 Å². The van der Waals surface area contributed by atoms with Crippen LogP contribution in [0.1, 0.15) is 10.4 Å². The smallest absolute Gasteiger partial charge is 0.248 e. The molecule has 0 saturated heterocycles. The first kappa shape index (κ1) is 10.3. The minimum Gasteiger partial charge on any atom is -0.366 e. The van der Waals surface area contributed by atoms with Crippen LogP contribution in [0.15, 0.2) is 42.7 Å². The Kier molecular flexibility index (Phi) is 2.64. The molecule has 1 aromatic carbocycles. The van der Waals surface area contributed by atoms with Gasteiger partial charge in [-0.05, 0) is 24.3 Å². The molecule has 1 heterocycles. The van der Waals surface area contributed by atoms with E-state index in [1.54, 1.807) is 18.3 Å². The van der Waals surface area contributed by atoms with Gasteiger partial charge in [0.2, 0.25) is 5.91 Å². The molecule has 2 aromatic rings. The first-order chi connectivity index (χ1) is 7.68. The molecule has 2 N–H and O–H groups in total. The Balaban J connectivity index is 2.56. The van der Waals surface area contributed by atoms with Crippen LogP contribution in [0.5, 0.6) is 0 Å². The second-order valence-corrected chi connectivity index (χ2v) is 3.30. The SMILES string of the molecule is NC(=O)c1ccc(F)c(-c2cccnc2)c1. The number of pyridine rings is 1. The van der Waals surface area contributed by atoms with Crippen molar-refractivity contribution in [2.75, 3.05) is 0 Å². The molecule has 1 amide bonds. The second-order valence-electron chi connectivity index (χ2n) is 3.30. The highest BCUT2D eigenvalue weighted by atomic mass is 19.1. The van der Waals surface area contributed by atoms with Crippen LogP contribution in [0.2, 0.25) is 0 Å². The molecular weight excluding hydrogens is 207 g/mol. The maximum atomic E-state index is 13.5. The van der Waals surface area contributed by atoms with Crippen LogP contribution >= 0.6 is 0 Å². The summed E-state index contributed by atoms with van der Waals surface area (Å²) in [5.41, 5.74) is 6.35. The van der Waals surface area contributed by atoms with Gasteiger partial charge >= 0.3 is 0 Å². The predicted octanol–water partition coefficient (Wildman–Crippen LogP) is 1.99. The summed E-state index contributed by atoms with van der Waals surface area (Å²) in [6.45, 7) is 0. The molecule has 0 aliphatic rings. The summed E-state index contributed by atoms with van der Waals surface area (Å²) in [4.78, 5) is 14.9. The van der Waals surface area contributed by atoms with E-state index >= 15 is 0 Å². The average Bonchev–Trinajstić information content (AvgIpc) is 2.30. The number of aromatic nitrogens is 1. The van der Waals surface area contributed by atoms with Gasteiger partial charge in [-0.3, -0.25) is 9.78 Å². The monoisotopic (exact) mass is 216 g/mol. The molecule has 0 saturated carbocycles. The minimum absolute atomic E-state index is 0.278. The van der Waals surface area contributed by atoms with Gasteiger partial charge in [0.25, 0.3) is 0 Å². The number of rotatable bonds is 2. The fourth-order valence-corrected chi connectivity index (χ4v) is 1.42. The van der Waals surface area contributed by atoms with Crippen LogP contribution in [-0.4, -0.2) is 10.9 Å². The van der Waals surface area contributed by atoms with Crippen LogP contribution in [0.4, 0.5) is 4.39 Å². The number of nitrogens with two attached hydrogens (primary N) is 1. The maximum Gasteiger partial charge on any atom is 0.248 e. The Labute approximate surface area is 91.7 Å². The molecule has 0 aliphatic heterocycles. The molecule has 80 valence electrons. The van der Waals surface area contributed by atoms with Gasteiger partial charge < -0.3 is 5.73 Å². The van der Waals surface area contributed by atoms with Crippen molar-refractivity contribution in [3.63, 3.8) is 0 Å². The van der Waals surface area contributed by atoms with Crippen molar-refractivity contribution in [2.45, 2.75) is 0 Å². The van der Waals surface area contributed by atoms with Gasteiger partial charge in [-0.15, -0.1) is 0 Å². The van der Waals surface area contributed by atoms with Crippen LogP contribution < -0.4 is 5.73 Å². The summed E-state index contributed by atoms with van der Waals surface area (Å²) in [5, 5.41) is 0. The molecule has 0 fully saturated rings. The lowest BCUT2D eigenvalue weighted by atomic mass is 10.0. The van der Waals surface area contributed by atoms with Crippen LogP contribution in [0, 0.1) is 5.82 Å². The van der Waals surface area contributed by atoms with E-state index in [-0.39, 0.29) is 5.56 Å². The number of carbonyl (C=O) groups excluding carboxylic acids is 1. The van der Waals surface area contributed by atoms with Crippen LogP contribution in [0.25, 0.3) is 11.1 Å². The number of benzene rings is 1. The van der Waals surface area contributed by atoms with Gasteiger partial charge in [0.15, 0.2) is 0 Å². The van der Waals surface area contributed by atoms with Gasteiger partial charge in [-0.2, -0.15) is 0 Å². The highest BCUT2D eigenvalue weighted by Gasteiger charge is 2.08. The van der Waals surface area contributed by atoms with Crippen molar-refractivity contribution < 1.29 is 9.18 Å². The van der Waals surface area contributed by atoms with Gasteiger partial charge in [0.05, 0.1) is 0 Å². The third kappa shape index (κ3) is 1.91. The molecule has 4 heteroatoms. The third-order valence-corrected chi connectivity index (χ3v) is 2.22. The summed E-state index contributed by atoms with van der Waals surface area (Å²) in [6, 6.07) is 7.43. The Morgan fingerprint density at radius 3 is 2.75 bits per heavy atom. The zero-order valence-corrected chi connectivity index (χ0v) is 8.35. The molecule has 0 spiro atoms. The highest BCUT2D eigenvalue weighted by Crippen LogP contribution is 2.22. The average molecular weight is 216 g/mol. The van der Waals surface area contributed by atoms with Crippen molar-refractivity contribution >= 4 is 5.91 Å². The minimum atomic E-state index is -0.579. The highest BCUT2D eigenvalue weighted by molar-refractivity contribution is 5.94. The fraction of sp³-hybridized carbons (Fsp3) is 0. The van der Waals surface area contributed by atoms with Gasteiger partial charge in [-0.1, -0.05) is 6.07 Å². The Bertz CT molecular complexity index is 526. The normalized spacial score (nSPS) is 10.1. The molecule has 1 aromatic heterocycles. The Morgan fingerprint density at radius 2 is 2.12 bits per heavy atom. The van der Waals surface area contributed by atoms with Crippen molar-refractivity contribution in [2.24, 2.45) is 5.73 Å². The van der Waals surface area contributed by atoms with E-state index in [1.807, 2.05) is 0 Å². The van der Waals surface area contributed by atoms with Gasteiger partial charge in [-0.25, -0.2) is 4.39 Å². The van der Waals surface area contributed by atoms with E-state index in [4.69, 9.17) is 5.73 Å². The van der Waals surface area contributed by atoms with Crippen molar-refractivity contribution in [3.05, 3.63) is 54.1 Å². The Morgan fingerprint density at radius 1 is 1.31 bits per heavy atom. The maximum absolute atomic E-state index is 13.5. The topological polar surface area (TPSA) is 56.0 Å². The molecule has 3 nitrogen and oxygen atoms in total. The zero-order chi connectivity index (χ0) is 11.5. The van der Waals surface area contributed by atoms with E-state index in [1.165, 1.54) is 24.4 Å². The first-order valence-corrected chi connectivity index (χ1v) is 4.68. The fourth-order valence-electron chi connectivity index (χ4n) is 1.42. The molecular formula is C12H9FN2O. The quantitative estimate of drug-likeness (QED) is 0.834. The summed E-state index contributed by atoms with van der Waals surface area (Å²) >= 11 is 0. The summed E-state index contributed by atoms with van der Waals surface area (Å²) in [6.07, 6.45) is 3.13. The molecule has 0 unspecified atom stereocenters. The lowest BCUT2D eigenvalue weighted by Crippen LogP contribution is -2.11. The van der Waals surface area contributed by atoms with E-state index in [2.05, 4.69) is 4.98 Å². The van der Waals surface area contributed by atoms with Gasteiger partial charge in [0, 0.05) is 29.1 Å². The molecule has 16 heavy (non-hydrogen) atoms. The van der Waals surface area contributed by atoms with E-state index < -0.39 is 11.7 Å². The van der Waals surface area contributed by atoms with Crippen molar-refractivity contribution in [1.82, 2.24) is 4.98 Å². The molecule has 0 aliphatic carbocycles. The Hall–Kier alpha value is -2.23. The summed E-state index contributed by atoms with van der Waals surface area (Å²) in [7, 11) is 0. The first-order valence-electron chi connectivity index (χ1n) is 4.68. The van der Waals surface area contributed by atoms with E-state index in [0.29, 0.717) is 11.1 Å². The predicted molar refractivity (Wildman–Crippen MR) is 58.1 cm³/mol. The molecule has 0 bridgehead atoms.